The second-order valence-electron chi connectivity index (χ2n) is 6.75. The van der Waals surface area contributed by atoms with Gasteiger partial charge < -0.3 is 14.8 Å². The van der Waals surface area contributed by atoms with Gasteiger partial charge in [0, 0.05) is 5.56 Å². The molecule has 0 heterocycles. The molecule has 0 atom stereocenters. The van der Waals surface area contributed by atoms with Crippen LogP contribution < -0.4 is 10.1 Å². The molecule has 5 nitrogen and oxygen atoms in total. The normalized spacial score (nSPS) is 10.1. The van der Waals surface area contributed by atoms with E-state index in [9.17, 15) is 10.1 Å². The summed E-state index contributed by atoms with van der Waals surface area (Å²) in [5, 5.41) is 11.8. The summed E-state index contributed by atoms with van der Waals surface area (Å²) < 4.78 is 10.9. The van der Waals surface area contributed by atoms with Crippen molar-refractivity contribution in [3.63, 3.8) is 0 Å². The number of hydrogen-bond acceptors (Lipinski definition) is 4. The molecule has 0 bridgehead atoms. The summed E-state index contributed by atoms with van der Waals surface area (Å²) in [6, 6.07) is 17.0. The third kappa shape index (κ3) is 7.13. The van der Waals surface area contributed by atoms with Gasteiger partial charge in [-0.25, -0.2) is 4.79 Å². The van der Waals surface area contributed by atoms with Crippen molar-refractivity contribution in [2.45, 2.75) is 33.0 Å². The maximum absolute atomic E-state index is 11.6. The molecule has 27 heavy (non-hydrogen) atoms. The fraction of sp³-hybridized carbons (Fsp3) is 0.273. The number of rotatable bonds is 4. The van der Waals surface area contributed by atoms with Crippen molar-refractivity contribution in [3.05, 3.63) is 65.2 Å². The van der Waals surface area contributed by atoms with Crippen molar-refractivity contribution in [1.29, 1.82) is 5.26 Å². The van der Waals surface area contributed by atoms with E-state index < -0.39 is 11.7 Å². The number of nitriles is 1. The van der Waals surface area contributed by atoms with E-state index in [1.807, 2.05) is 30.3 Å². The fourth-order valence-corrected chi connectivity index (χ4v) is 2.12. The minimum absolute atomic E-state index is 0.162. The van der Waals surface area contributed by atoms with Crippen molar-refractivity contribution in [2.75, 3.05) is 6.54 Å². The molecule has 0 unspecified atom stereocenters. The predicted octanol–water partition coefficient (Wildman–Crippen LogP) is 4.01. The number of carbonyl (C=O) groups excluding carboxylic acids is 1. The van der Waals surface area contributed by atoms with Crippen LogP contribution >= 0.6 is 0 Å². The highest BCUT2D eigenvalue weighted by Crippen LogP contribution is 2.20. The average molecular weight is 362 g/mol. The minimum Gasteiger partial charge on any atom is -0.487 e. The molecule has 138 valence electrons. The van der Waals surface area contributed by atoms with E-state index in [0.29, 0.717) is 23.5 Å². The molecule has 5 heteroatoms. The largest absolute Gasteiger partial charge is 0.487 e. The summed E-state index contributed by atoms with van der Waals surface area (Å²) in [7, 11) is 0. The summed E-state index contributed by atoms with van der Waals surface area (Å²) in [6.07, 6.45) is -0.511. The molecule has 0 spiro atoms. The highest BCUT2D eigenvalue weighted by molar-refractivity contribution is 5.68. The highest BCUT2D eigenvalue weighted by Gasteiger charge is 2.15. The Balaban J connectivity index is 1.98. The Hall–Kier alpha value is -3.44. The number of benzene rings is 2. The van der Waals surface area contributed by atoms with Crippen molar-refractivity contribution in [1.82, 2.24) is 5.32 Å². The van der Waals surface area contributed by atoms with Gasteiger partial charge in [-0.1, -0.05) is 42.2 Å². The maximum Gasteiger partial charge on any atom is 0.408 e. The monoisotopic (exact) mass is 362 g/mol. The van der Waals surface area contributed by atoms with Crippen LogP contribution in [0.3, 0.4) is 0 Å². The van der Waals surface area contributed by atoms with E-state index in [0.717, 1.165) is 5.56 Å². The summed E-state index contributed by atoms with van der Waals surface area (Å²) in [4.78, 5) is 11.6. The lowest BCUT2D eigenvalue weighted by Crippen LogP contribution is -2.32. The Morgan fingerprint density at radius 1 is 1.15 bits per heavy atom. The van der Waals surface area contributed by atoms with Gasteiger partial charge >= 0.3 is 6.09 Å². The minimum atomic E-state index is -0.546. The van der Waals surface area contributed by atoms with Crippen LogP contribution in [0.4, 0.5) is 4.79 Å². The quantitative estimate of drug-likeness (QED) is 0.834. The van der Waals surface area contributed by atoms with Crippen LogP contribution in [0.5, 0.6) is 5.75 Å². The van der Waals surface area contributed by atoms with E-state index in [-0.39, 0.29) is 6.54 Å². The molecule has 2 rings (SSSR count). The second-order valence-corrected chi connectivity index (χ2v) is 6.75. The van der Waals surface area contributed by atoms with E-state index in [2.05, 4.69) is 23.2 Å². The van der Waals surface area contributed by atoms with E-state index in [4.69, 9.17) is 9.47 Å². The zero-order chi connectivity index (χ0) is 19.7. The third-order valence-electron chi connectivity index (χ3n) is 3.29. The van der Waals surface area contributed by atoms with E-state index in [1.165, 1.54) is 0 Å². The number of nitrogens with zero attached hydrogens (tertiary/aromatic N) is 1. The molecular weight excluding hydrogens is 340 g/mol. The van der Waals surface area contributed by atoms with Gasteiger partial charge in [-0.3, -0.25) is 0 Å². The first-order chi connectivity index (χ1) is 12.9. The van der Waals surface area contributed by atoms with Crippen LogP contribution in [0.1, 0.15) is 37.5 Å². The average Bonchev–Trinajstić information content (AvgIpc) is 2.63. The van der Waals surface area contributed by atoms with E-state index in [1.54, 1.807) is 39.0 Å². The molecule has 1 N–H and O–H groups in total. The van der Waals surface area contributed by atoms with Crippen molar-refractivity contribution in [2.24, 2.45) is 0 Å². The Kier molecular flexibility index (Phi) is 6.86. The van der Waals surface area contributed by atoms with Crippen LogP contribution in [0.15, 0.2) is 48.5 Å². The number of carbonyl (C=O) groups is 1. The lowest BCUT2D eigenvalue weighted by Gasteiger charge is -2.19. The first-order valence-corrected chi connectivity index (χ1v) is 8.54. The van der Waals surface area contributed by atoms with Gasteiger partial charge in [0.05, 0.1) is 12.1 Å². The molecule has 0 saturated heterocycles. The molecule has 0 aliphatic rings. The summed E-state index contributed by atoms with van der Waals surface area (Å²) in [6.45, 7) is 5.92. The number of ether oxygens (including phenoxy) is 2. The van der Waals surface area contributed by atoms with Crippen LogP contribution in [0, 0.1) is 23.2 Å². The Morgan fingerprint density at radius 3 is 2.56 bits per heavy atom. The van der Waals surface area contributed by atoms with Crippen molar-refractivity contribution >= 4 is 6.09 Å². The molecule has 0 saturated carbocycles. The van der Waals surface area contributed by atoms with Gasteiger partial charge in [-0.2, -0.15) is 5.26 Å². The molecule has 0 aliphatic heterocycles. The molecule has 0 radical (unpaired) electrons. The molecule has 2 aromatic rings. The standard InChI is InChI=1S/C22H22N2O3/c1-22(2,3)27-21(25)24-13-7-10-17-11-12-19(15-23)20(14-17)26-16-18-8-5-4-6-9-18/h4-6,8-9,11-12,14H,13,16H2,1-3H3,(H,24,25). The highest BCUT2D eigenvalue weighted by atomic mass is 16.6. The molecule has 0 aliphatic carbocycles. The van der Waals surface area contributed by atoms with Gasteiger partial charge in [-0.15, -0.1) is 0 Å². The summed E-state index contributed by atoms with van der Waals surface area (Å²) in [5.74, 6) is 6.28. The second kappa shape index (κ2) is 9.31. The summed E-state index contributed by atoms with van der Waals surface area (Å²) in [5.41, 5.74) is 1.61. The lowest BCUT2D eigenvalue weighted by atomic mass is 10.1. The van der Waals surface area contributed by atoms with Gasteiger partial charge in [0.1, 0.15) is 24.0 Å². The predicted molar refractivity (Wildman–Crippen MR) is 103 cm³/mol. The number of alkyl carbamates (subject to hydrolysis) is 1. The van der Waals surface area contributed by atoms with E-state index >= 15 is 0 Å². The molecule has 1 amide bonds. The van der Waals surface area contributed by atoms with Gasteiger partial charge in [-0.05, 0) is 44.5 Å². The van der Waals surface area contributed by atoms with Crippen LogP contribution in [-0.4, -0.2) is 18.2 Å². The molecular formula is C22H22N2O3. The third-order valence-corrected chi connectivity index (χ3v) is 3.29. The van der Waals surface area contributed by atoms with Crippen LogP contribution in [0.25, 0.3) is 0 Å². The topological polar surface area (TPSA) is 71.3 Å². The maximum atomic E-state index is 11.6. The number of nitrogens with one attached hydrogen (secondary N) is 1. The first kappa shape index (κ1) is 19.9. The van der Waals surface area contributed by atoms with Gasteiger partial charge in [0.2, 0.25) is 0 Å². The molecule has 0 fully saturated rings. The smallest absolute Gasteiger partial charge is 0.408 e. The Bertz CT molecular complexity index is 882. The number of amides is 1. The zero-order valence-electron chi connectivity index (χ0n) is 15.7. The van der Waals surface area contributed by atoms with Crippen molar-refractivity contribution < 1.29 is 14.3 Å². The van der Waals surface area contributed by atoms with Crippen LogP contribution in [0.2, 0.25) is 0 Å². The molecule has 0 aromatic heterocycles. The Labute approximate surface area is 159 Å². The summed E-state index contributed by atoms with van der Waals surface area (Å²) >= 11 is 0. The Morgan fingerprint density at radius 2 is 1.89 bits per heavy atom. The van der Waals surface area contributed by atoms with Crippen molar-refractivity contribution in [3.8, 4) is 23.7 Å². The first-order valence-electron chi connectivity index (χ1n) is 8.54. The fourth-order valence-electron chi connectivity index (χ4n) is 2.12. The van der Waals surface area contributed by atoms with Gasteiger partial charge in [0.15, 0.2) is 0 Å². The SMILES string of the molecule is CC(C)(C)OC(=O)NCC#Cc1ccc(C#N)c(OCc2ccccc2)c1. The molecule has 2 aromatic carbocycles. The van der Waals surface area contributed by atoms with Gasteiger partial charge in [0.25, 0.3) is 0 Å². The number of hydrogen-bond donors (Lipinski definition) is 1. The van der Waals surface area contributed by atoms with Crippen LogP contribution in [-0.2, 0) is 11.3 Å². The lowest BCUT2D eigenvalue weighted by molar-refractivity contribution is 0.0535. The zero-order valence-corrected chi connectivity index (χ0v) is 15.7.